The van der Waals surface area contributed by atoms with Crippen LogP contribution in [-0.2, 0) is 4.74 Å². The third-order valence-electron chi connectivity index (χ3n) is 7.87. The van der Waals surface area contributed by atoms with Gasteiger partial charge in [-0.1, -0.05) is 6.92 Å². The maximum atomic E-state index is 14.3. The molecule has 4 N–H and O–H groups in total. The number of anilines is 2. The number of carbonyl (C=O) groups excluding carboxylic acids is 3. The van der Waals surface area contributed by atoms with Crippen LogP contribution < -0.4 is 25.4 Å². The molecule has 0 unspecified atom stereocenters. The predicted octanol–water partition coefficient (Wildman–Crippen LogP) is 5.18. The Morgan fingerprint density at radius 2 is 1.74 bits per heavy atom. The first-order valence-electron chi connectivity index (χ1n) is 16.0. The third kappa shape index (κ3) is 10.8. The molecular weight excluding hydrogens is 590 g/mol. The molecule has 0 saturated carbocycles. The van der Waals surface area contributed by atoms with Crippen LogP contribution in [0.4, 0.5) is 21.0 Å². The monoisotopic (exact) mass is 641 g/mol. The molecule has 0 aromatic heterocycles. The summed E-state index contributed by atoms with van der Waals surface area (Å²) in [5.74, 6) is 0.533. The number of amides is 5. The Labute approximate surface area is 272 Å². The molecule has 46 heavy (non-hydrogen) atoms. The van der Waals surface area contributed by atoms with Crippen molar-refractivity contribution in [3.63, 3.8) is 0 Å². The summed E-state index contributed by atoms with van der Waals surface area (Å²) in [7, 11) is 3.30. The third-order valence-corrected chi connectivity index (χ3v) is 7.87. The predicted molar refractivity (Wildman–Crippen MR) is 179 cm³/mol. The van der Waals surface area contributed by atoms with Crippen LogP contribution in [-0.4, -0.2) is 97.6 Å². The van der Waals surface area contributed by atoms with E-state index in [0.717, 1.165) is 19.3 Å². The van der Waals surface area contributed by atoms with Gasteiger partial charge in [0.15, 0.2) is 0 Å². The molecule has 1 aliphatic rings. The van der Waals surface area contributed by atoms with Gasteiger partial charge in [-0.3, -0.25) is 4.79 Å². The second-order valence-corrected chi connectivity index (χ2v) is 12.3. The number of nitrogens with one attached hydrogen (secondary N) is 3. The number of methoxy groups -OCH3 is 1. The maximum Gasteiger partial charge on any atom is 0.323 e. The molecule has 2 aromatic carbocycles. The molecule has 12 heteroatoms. The van der Waals surface area contributed by atoms with E-state index in [4.69, 9.17) is 14.2 Å². The van der Waals surface area contributed by atoms with Gasteiger partial charge in [0.2, 0.25) is 0 Å². The Bertz CT molecular complexity index is 1290. The van der Waals surface area contributed by atoms with Crippen LogP contribution in [0.15, 0.2) is 42.5 Å². The highest BCUT2D eigenvalue weighted by molar-refractivity contribution is 6.02. The molecule has 12 nitrogen and oxygen atoms in total. The summed E-state index contributed by atoms with van der Waals surface area (Å²) in [6.07, 6.45) is 1.88. The van der Waals surface area contributed by atoms with Gasteiger partial charge >= 0.3 is 12.1 Å². The van der Waals surface area contributed by atoms with Gasteiger partial charge in [-0.25, -0.2) is 9.59 Å². The molecule has 1 aliphatic heterocycles. The zero-order valence-electron chi connectivity index (χ0n) is 28.2. The molecule has 0 saturated heterocycles. The summed E-state index contributed by atoms with van der Waals surface area (Å²) in [5, 5.41) is 18.7. The van der Waals surface area contributed by atoms with E-state index in [2.05, 4.69) is 16.0 Å². The fourth-order valence-electron chi connectivity index (χ4n) is 5.14. The lowest BCUT2D eigenvalue weighted by Gasteiger charge is -2.36. The number of benzene rings is 2. The molecule has 254 valence electrons. The Kier molecular flexibility index (Phi) is 13.9. The lowest BCUT2D eigenvalue weighted by atomic mass is 10.0. The zero-order valence-corrected chi connectivity index (χ0v) is 28.2. The van der Waals surface area contributed by atoms with Gasteiger partial charge < -0.3 is 45.1 Å². The number of ether oxygens (including phenoxy) is 3. The van der Waals surface area contributed by atoms with Gasteiger partial charge in [0.05, 0.1) is 37.5 Å². The molecule has 4 atom stereocenters. The second-order valence-electron chi connectivity index (χ2n) is 12.3. The van der Waals surface area contributed by atoms with E-state index in [-0.39, 0.29) is 54.8 Å². The Balaban J connectivity index is 1.90. The number of carbonyl (C=O) groups is 3. The lowest BCUT2D eigenvalue weighted by Crippen LogP contribution is -2.49. The molecule has 5 amide bonds. The van der Waals surface area contributed by atoms with Crippen LogP contribution >= 0.6 is 0 Å². The van der Waals surface area contributed by atoms with Gasteiger partial charge in [-0.2, -0.15) is 0 Å². The standard InChI is InChI=1S/C34H51N5O7/c1-22(2)35-34(43)38(6)20-31-23(3)19-39(24(4)21-40)32(41)29-18-27(13-16-30(29)46-25(5)10-8-9-17-45-31)37-33(42)36-26-11-14-28(44-7)15-12-26/h11-16,18,22-25,31,40H,8-10,17,19-21H2,1-7H3,(H,35,43)(H2,36,37,42)/t23-,24+,25+,31+/m1/s1. The second kappa shape index (κ2) is 17.6. The fourth-order valence-corrected chi connectivity index (χ4v) is 5.14. The van der Waals surface area contributed by atoms with Crippen molar-refractivity contribution in [1.29, 1.82) is 0 Å². The maximum absolute atomic E-state index is 14.3. The molecule has 0 aliphatic carbocycles. The minimum atomic E-state index is -0.522. The summed E-state index contributed by atoms with van der Waals surface area (Å²) < 4.78 is 17.8. The van der Waals surface area contributed by atoms with E-state index >= 15 is 0 Å². The van der Waals surface area contributed by atoms with Crippen molar-refractivity contribution in [1.82, 2.24) is 15.1 Å². The number of aliphatic hydroxyl groups is 1. The first-order valence-corrected chi connectivity index (χ1v) is 16.0. The topological polar surface area (TPSA) is 142 Å². The highest BCUT2D eigenvalue weighted by Gasteiger charge is 2.31. The van der Waals surface area contributed by atoms with Crippen molar-refractivity contribution >= 4 is 29.3 Å². The average molecular weight is 642 g/mol. The van der Waals surface area contributed by atoms with Crippen LogP contribution in [0.25, 0.3) is 0 Å². The van der Waals surface area contributed by atoms with Crippen molar-refractivity contribution in [2.75, 3.05) is 51.1 Å². The molecule has 3 rings (SSSR count). The minimum Gasteiger partial charge on any atom is -0.497 e. The van der Waals surface area contributed by atoms with Crippen LogP contribution in [0.5, 0.6) is 11.5 Å². The average Bonchev–Trinajstić information content (AvgIpc) is 3.02. The number of urea groups is 2. The van der Waals surface area contributed by atoms with Crippen molar-refractivity contribution in [2.45, 2.75) is 78.2 Å². The molecular formula is C34H51N5O7. The van der Waals surface area contributed by atoms with Crippen molar-refractivity contribution in [2.24, 2.45) is 5.92 Å². The number of likely N-dealkylation sites (N-methyl/N-ethyl adjacent to an activating group) is 1. The van der Waals surface area contributed by atoms with Crippen LogP contribution in [0.2, 0.25) is 0 Å². The highest BCUT2D eigenvalue weighted by Crippen LogP contribution is 2.29. The summed E-state index contributed by atoms with van der Waals surface area (Å²) in [4.78, 5) is 43.0. The number of hydrogen-bond acceptors (Lipinski definition) is 7. The number of nitrogens with zero attached hydrogens (tertiary/aromatic N) is 2. The smallest absolute Gasteiger partial charge is 0.323 e. The SMILES string of the molecule is COc1ccc(NC(=O)Nc2ccc3c(c2)C(=O)N([C@@H](C)CO)C[C@@H](C)[C@H](CN(C)C(=O)NC(C)C)OCCCC[C@H](C)O3)cc1. The minimum absolute atomic E-state index is 0.00650. The van der Waals surface area contributed by atoms with Crippen molar-refractivity contribution < 1.29 is 33.7 Å². The van der Waals surface area contributed by atoms with E-state index in [1.54, 1.807) is 73.3 Å². The number of fused-ring (bicyclic) bond motifs is 1. The Morgan fingerprint density at radius 1 is 1.07 bits per heavy atom. The first-order chi connectivity index (χ1) is 21.9. The van der Waals surface area contributed by atoms with E-state index in [1.807, 2.05) is 27.7 Å². The largest absolute Gasteiger partial charge is 0.497 e. The normalized spacial score (nSPS) is 20.1. The summed E-state index contributed by atoms with van der Waals surface area (Å²) in [5.41, 5.74) is 1.24. The molecule has 0 bridgehead atoms. The fraction of sp³-hybridized carbons (Fsp3) is 0.559. The van der Waals surface area contributed by atoms with Crippen LogP contribution in [0.3, 0.4) is 0 Å². The van der Waals surface area contributed by atoms with Crippen molar-refractivity contribution in [3.05, 3.63) is 48.0 Å². The molecule has 0 fully saturated rings. The quantitative estimate of drug-likeness (QED) is 0.311. The van der Waals surface area contributed by atoms with E-state index in [0.29, 0.717) is 36.0 Å². The number of rotatable bonds is 8. The summed E-state index contributed by atoms with van der Waals surface area (Å²) in [6, 6.07) is 10.7. The Hall–Kier alpha value is -4.03. The molecule has 1 heterocycles. The molecule has 0 radical (unpaired) electrons. The number of aliphatic hydroxyl groups excluding tert-OH is 1. The lowest BCUT2D eigenvalue weighted by molar-refractivity contribution is -0.0122. The van der Waals surface area contributed by atoms with Gasteiger partial charge in [0.1, 0.15) is 11.5 Å². The first kappa shape index (κ1) is 36.4. The highest BCUT2D eigenvalue weighted by atomic mass is 16.5. The Morgan fingerprint density at radius 3 is 2.39 bits per heavy atom. The van der Waals surface area contributed by atoms with Crippen molar-refractivity contribution in [3.8, 4) is 11.5 Å². The van der Waals surface area contributed by atoms with Gasteiger partial charge in [-0.15, -0.1) is 0 Å². The molecule has 0 spiro atoms. The van der Waals surface area contributed by atoms with E-state index < -0.39 is 12.1 Å². The van der Waals surface area contributed by atoms with Gasteiger partial charge in [0.25, 0.3) is 5.91 Å². The zero-order chi connectivity index (χ0) is 33.8. The van der Waals surface area contributed by atoms with Gasteiger partial charge in [0, 0.05) is 50.1 Å². The summed E-state index contributed by atoms with van der Waals surface area (Å²) in [6.45, 7) is 10.4. The molecule has 2 aromatic rings. The number of hydrogen-bond donors (Lipinski definition) is 4. The van der Waals surface area contributed by atoms with E-state index in [1.165, 1.54) is 0 Å². The summed E-state index contributed by atoms with van der Waals surface area (Å²) >= 11 is 0. The van der Waals surface area contributed by atoms with E-state index in [9.17, 15) is 19.5 Å². The van der Waals surface area contributed by atoms with Crippen LogP contribution in [0, 0.1) is 5.92 Å². The van der Waals surface area contributed by atoms with Crippen LogP contribution in [0.1, 0.15) is 64.2 Å². The van der Waals surface area contributed by atoms with Gasteiger partial charge in [-0.05, 0) is 89.4 Å².